The zero-order valence-corrected chi connectivity index (χ0v) is 12.3. The van der Waals surface area contributed by atoms with Crippen LogP contribution in [-0.4, -0.2) is 35.0 Å². The highest BCUT2D eigenvalue weighted by Crippen LogP contribution is 2.62. The zero-order valence-electron chi connectivity index (χ0n) is 12.3. The molecule has 2 rings (SSSR count). The maximum Gasteiger partial charge on any atom is 0.0648 e. The largest absolute Gasteiger partial charge is 0.394 e. The first-order valence-corrected chi connectivity index (χ1v) is 7.33. The number of rotatable bonds is 5. The first-order chi connectivity index (χ1) is 8.33. The molecule has 2 fully saturated rings. The average Bonchev–Trinajstić information content (AvgIpc) is 2.82. The molecule has 1 unspecified atom stereocenters. The van der Waals surface area contributed by atoms with Crippen molar-refractivity contribution in [2.45, 2.75) is 65.0 Å². The minimum atomic E-state index is -0.518. The molecule has 2 aliphatic rings. The molecule has 2 aliphatic carbocycles. The Kier molecular flexibility index (Phi) is 3.54. The summed E-state index contributed by atoms with van der Waals surface area (Å²) in [5, 5.41) is 22.9. The fraction of sp³-hybridized carbons (Fsp3) is 1.00. The van der Waals surface area contributed by atoms with Crippen LogP contribution in [0.2, 0.25) is 0 Å². The third-order valence-electron chi connectivity index (χ3n) is 6.00. The SMILES string of the molecule is CCC(CO)(CO)NC1C(C)(C)[C@H]2CC[C@]1(C)C2. The second-order valence-electron chi connectivity index (χ2n) is 7.44. The lowest BCUT2D eigenvalue weighted by atomic mass is 9.67. The smallest absolute Gasteiger partial charge is 0.0648 e. The van der Waals surface area contributed by atoms with E-state index in [2.05, 4.69) is 26.1 Å². The quantitative estimate of drug-likeness (QED) is 0.703. The molecule has 3 atom stereocenters. The van der Waals surface area contributed by atoms with Crippen molar-refractivity contribution in [2.75, 3.05) is 13.2 Å². The van der Waals surface area contributed by atoms with E-state index in [1.807, 2.05) is 6.92 Å². The normalized spacial score (nSPS) is 38.3. The summed E-state index contributed by atoms with van der Waals surface area (Å²) in [4.78, 5) is 0. The Bertz CT molecular complexity index is 299. The summed E-state index contributed by atoms with van der Waals surface area (Å²) in [7, 11) is 0. The van der Waals surface area contributed by atoms with Gasteiger partial charge < -0.3 is 15.5 Å². The van der Waals surface area contributed by atoms with E-state index in [0.717, 1.165) is 12.3 Å². The Morgan fingerprint density at radius 1 is 1.22 bits per heavy atom. The molecule has 18 heavy (non-hydrogen) atoms. The molecular weight excluding hydrogens is 226 g/mol. The fourth-order valence-corrected chi connectivity index (χ4v) is 4.44. The van der Waals surface area contributed by atoms with E-state index in [9.17, 15) is 10.2 Å². The van der Waals surface area contributed by atoms with Crippen molar-refractivity contribution in [1.82, 2.24) is 5.32 Å². The van der Waals surface area contributed by atoms with E-state index < -0.39 is 5.54 Å². The van der Waals surface area contributed by atoms with Gasteiger partial charge in [-0.3, -0.25) is 0 Å². The molecule has 2 bridgehead atoms. The van der Waals surface area contributed by atoms with Crippen molar-refractivity contribution in [3.63, 3.8) is 0 Å². The van der Waals surface area contributed by atoms with E-state index in [1.54, 1.807) is 0 Å². The van der Waals surface area contributed by atoms with Crippen molar-refractivity contribution < 1.29 is 10.2 Å². The fourth-order valence-electron chi connectivity index (χ4n) is 4.44. The van der Waals surface area contributed by atoms with Crippen molar-refractivity contribution in [3.05, 3.63) is 0 Å². The number of fused-ring (bicyclic) bond motifs is 2. The Morgan fingerprint density at radius 2 is 1.83 bits per heavy atom. The molecular formula is C15H29NO2. The summed E-state index contributed by atoms with van der Waals surface area (Å²) in [5.74, 6) is 0.784. The van der Waals surface area contributed by atoms with Gasteiger partial charge in [0.25, 0.3) is 0 Å². The third-order valence-corrected chi connectivity index (χ3v) is 6.00. The molecule has 106 valence electrons. The Morgan fingerprint density at radius 3 is 2.22 bits per heavy atom. The van der Waals surface area contributed by atoms with Crippen LogP contribution < -0.4 is 5.32 Å². The zero-order chi connectivity index (χ0) is 13.6. The predicted molar refractivity (Wildman–Crippen MR) is 73.3 cm³/mol. The van der Waals surface area contributed by atoms with Gasteiger partial charge in [0.2, 0.25) is 0 Å². The predicted octanol–water partition coefficient (Wildman–Crippen LogP) is 1.92. The van der Waals surface area contributed by atoms with Gasteiger partial charge in [-0.1, -0.05) is 27.7 Å². The topological polar surface area (TPSA) is 52.5 Å². The minimum Gasteiger partial charge on any atom is -0.394 e. The summed E-state index contributed by atoms with van der Waals surface area (Å²) >= 11 is 0. The van der Waals surface area contributed by atoms with Crippen molar-refractivity contribution >= 4 is 0 Å². The van der Waals surface area contributed by atoms with Crippen molar-refractivity contribution in [1.29, 1.82) is 0 Å². The van der Waals surface area contributed by atoms with Crippen LogP contribution in [0.4, 0.5) is 0 Å². The first-order valence-electron chi connectivity index (χ1n) is 7.33. The van der Waals surface area contributed by atoms with Gasteiger partial charge in [0.15, 0.2) is 0 Å². The Hall–Kier alpha value is -0.120. The summed E-state index contributed by atoms with van der Waals surface area (Å²) in [6.07, 6.45) is 4.65. The highest BCUT2D eigenvalue weighted by atomic mass is 16.3. The molecule has 3 nitrogen and oxygen atoms in total. The maximum absolute atomic E-state index is 9.64. The van der Waals surface area contributed by atoms with Gasteiger partial charge in [-0.15, -0.1) is 0 Å². The van der Waals surface area contributed by atoms with Crippen LogP contribution in [0.25, 0.3) is 0 Å². The standard InChI is InChI=1S/C15H29NO2/c1-5-15(9-17,10-18)16-12-13(2,3)11-6-7-14(12,4)8-11/h11-12,16-18H,5-10H2,1-4H3/t11-,12?,14+/m0/s1. The van der Waals surface area contributed by atoms with E-state index in [-0.39, 0.29) is 18.6 Å². The van der Waals surface area contributed by atoms with Crippen LogP contribution >= 0.6 is 0 Å². The number of nitrogens with one attached hydrogen (secondary N) is 1. The van der Waals surface area contributed by atoms with Gasteiger partial charge in [0, 0.05) is 6.04 Å². The van der Waals surface area contributed by atoms with Gasteiger partial charge in [0.1, 0.15) is 0 Å². The second kappa shape index (κ2) is 4.46. The average molecular weight is 255 g/mol. The molecule has 0 spiro atoms. The lowest BCUT2D eigenvalue weighted by Gasteiger charge is -2.48. The summed E-state index contributed by atoms with van der Waals surface area (Å²) in [5.41, 5.74) is 0.0755. The number of hydrogen-bond acceptors (Lipinski definition) is 3. The maximum atomic E-state index is 9.64. The van der Waals surface area contributed by atoms with Gasteiger partial charge >= 0.3 is 0 Å². The Balaban J connectivity index is 2.22. The van der Waals surface area contributed by atoms with E-state index in [1.165, 1.54) is 19.3 Å². The van der Waals surface area contributed by atoms with Gasteiger partial charge in [0.05, 0.1) is 18.8 Å². The molecule has 3 N–H and O–H groups in total. The number of aliphatic hydroxyl groups is 2. The molecule has 0 heterocycles. The monoisotopic (exact) mass is 255 g/mol. The molecule has 0 aromatic heterocycles. The number of hydrogen-bond donors (Lipinski definition) is 3. The van der Waals surface area contributed by atoms with E-state index in [0.29, 0.717) is 11.5 Å². The van der Waals surface area contributed by atoms with Crippen LogP contribution in [0.5, 0.6) is 0 Å². The summed E-state index contributed by atoms with van der Waals surface area (Å²) < 4.78 is 0. The van der Waals surface area contributed by atoms with Crippen molar-refractivity contribution in [3.8, 4) is 0 Å². The third kappa shape index (κ3) is 1.91. The molecule has 0 aromatic rings. The summed E-state index contributed by atoms with van der Waals surface area (Å²) in [6.45, 7) is 9.10. The molecule has 0 radical (unpaired) electrons. The van der Waals surface area contributed by atoms with Crippen LogP contribution in [0.1, 0.15) is 53.4 Å². The molecule has 0 saturated heterocycles. The van der Waals surface area contributed by atoms with Gasteiger partial charge in [-0.25, -0.2) is 0 Å². The highest BCUT2D eigenvalue weighted by molar-refractivity contribution is 5.13. The highest BCUT2D eigenvalue weighted by Gasteiger charge is 2.60. The molecule has 0 aliphatic heterocycles. The molecule has 3 heteroatoms. The lowest BCUT2D eigenvalue weighted by molar-refractivity contribution is 0.0222. The van der Waals surface area contributed by atoms with Gasteiger partial charge in [-0.2, -0.15) is 0 Å². The first kappa shape index (κ1) is 14.3. The summed E-state index contributed by atoms with van der Waals surface area (Å²) in [6, 6.07) is 0.392. The van der Waals surface area contributed by atoms with E-state index >= 15 is 0 Å². The number of aliphatic hydroxyl groups excluding tert-OH is 2. The lowest BCUT2D eigenvalue weighted by Crippen LogP contribution is -2.62. The van der Waals surface area contributed by atoms with Crippen LogP contribution in [0.3, 0.4) is 0 Å². The minimum absolute atomic E-state index is 0.00727. The Labute approximate surface area is 111 Å². The van der Waals surface area contributed by atoms with Crippen LogP contribution in [0, 0.1) is 16.7 Å². The second-order valence-corrected chi connectivity index (χ2v) is 7.44. The van der Waals surface area contributed by atoms with Crippen LogP contribution in [0.15, 0.2) is 0 Å². The molecule has 2 saturated carbocycles. The van der Waals surface area contributed by atoms with Crippen molar-refractivity contribution in [2.24, 2.45) is 16.7 Å². The molecule has 0 aromatic carbocycles. The molecule has 0 amide bonds. The van der Waals surface area contributed by atoms with Crippen LogP contribution in [-0.2, 0) is 0 Å². The van der Waals surface area contributed by atoms with Gasteiger partial charge in [-0.05, 0) is 42.4 Å². The van der Waals surface area contributed by atoms with E-state index in [4.69, 9.17) is 0 Å².